The summed E-state index contributed by atoms with van der Waals surface area (Å²) < 4.78 is 42.4. The molecule has 0 aliphatic heterocycles. The standard InChI is InChI=1S/C26H25FN3O2S/c1-19-14-26(24-12-5-6-13-25(24)27)30(18-19)33(31,32)23-11-7-10-22(16-23)29-17-21(28)15-20-8-3-2-4-9-20/h2-14,16,18,21,29H,1,15,17,28H2/t21-/m0/s1. The van der Waals surface area contributed by atoms with E-state index in [4.69, 9.17) is 5.73 Å². The molecule has 4 aromatic rings. The average molecular weight is 463 g/mol. The van der Waals surface area contributed by atoms with Crippen LogP contribution in [0.2, 0.25) is 0 Å². The van der Waals surface area contributed by atoms with Gasteiger partial charge in [0.2, 0.25) is 0 Å². The summed E-state index contributed by atoms with van der Waals surface area (Å²) >= 11 is 0. The molecule has 0 saturated heterocycles. The lowest BCUT2D eigenvalue weighted by Gasteiger charge is -2.15. The van der Waals surface area contributed by atoms with Gasteiger partial charge in [-0.1, -0.05) is 48.5 Å². The molecule has 0 aliphatic rings. The van der Waals surface area contributed by atoms with E-state index in [0.717, 1.165) is 9.54 Å². The van der Waals surface area contributed by atoms with Crippen molar-refractivity contribution in [2.24, 2.45) is 5.73 Å². The molecule has 1 aromatic heterocycles. The van der Waals surface area contributed by atoms with Crippen LogP contribution in [0.3, 0.4) is 0 Å². The fourth-order valence-electron chi connectivity index (χ4n) is 3.68. The Balaban J connectivity index is 1.57. The molecule has 5 nitrogen and oxygen atoms in total. The zero-order valence-corrected chi connectivity index (χ0v) is 18.8. The summed E-state index contributed by atoms with van der Waals surface area (Å²) in [7, 11) is -3.98. The molecule has 1 heterocycles. The van der Waals surface area contributed by atoms with Crippen LogP contribution in [0, 0.1) is 12.7 Å². The number of benzene rings is 3. The lowest BCUT2D eigenvalue weighted by atomic mass is 10.1. The van der Waals surface area contributed by atoms with Crippen molar-refractivity contribution in [1.82, 2.24) is 3.97 Å². The topological polar surface area (TPSA) is 77.1 Å². The highest BCUT2D eigenvalue weighted by atomic mass is 32.2. The zero-order valence-electron chi connectivity index (χ0n) is 18.0. The predicted octanol–water partition coefficient (Wildman–Crippen LogP) is 4.70. The Morgan fingerprint density at radius 3 is 2.45 bits per heavy atom. The number of nitrogens with two attached hydrogens (primary N) is 1. The molecule has 1 radical (unpaired) electrons. The minimum absolute atomic E-state index is 0.0809. The van der Waals surface area contributed by atoms with Gasteiger partial charge in [-0.2, -0.15) is 0 Å². The first-order valence-electron chi connectivity index (χ1n) is 10.5. The van der Waals surface area contributed by atoms with Gasteiger partial charge in [-0.05, 0) is 60.9 Å². The Morgan fingerprint density at radius 1 is 0.970 bits per heavy atom. The first-order valence-corrected chi connectivity index (χ1v) is 12.0. The molecule has 3 N–H and O–H groups in total. The van der Waals surface area contributed by atoms with E-state index >= 15 is 0 Å². The van der Waals surface area contributed by atoms with Gasteiger partial charge < -0.3 is 11.1 Å². The van der Waals surface area contributed by atoms with Crippen molar-refractivity contribution in [3.63, 3.8) is 0 Å². The first-order chi connectivity index (χ1) is 15.8. The second kappa shape index (κ2) is 9.60. The molecule has 0 aliphatic carbocycles. The van der Waals surface area contributed by atoms with Gasteiger partial charge in [0.05, 0.1) is 10.6 Å². The van der Waals surface area contributed by atoms with E-state index in [1.807, 2.05) is 30.3 Å². The van der Waals surface area contributed by atoms with Gasteiger partial charge in [0.15, 0.2) is 0 Å². The van der Waals surface area contributed by atoms with E-state index in [1.54, 1.807) is 42.5 Å². The lowest BCUT2D eigenvalue weighted by molar-refractivity contribution is 0.587. The van der Waals surface area contributed by atoms with Crippen molar-refractivity contribution in [1.29, 1.82) is 0 Å². The number of hydrogen-bond donors (Lipinski definition) is 2. The molecule has 0 spiro atoms. The Hall–Kier alpha value is -3.42. The Bertz CT molecular complexity index is 1350. The van der Waals surface area contributed by atoms with Crippen LogP contribution in [0.15, 0.2) is 96.0 Å². The monoisotopic (exact) mass is 462 g/mol. The molecule has 4 rings (SSSR count). The maximum atomic E-state index is 14.4. The summed E-state index contributed by atoms with van der Waals surface area (Å²) in [5, 5.41) is 3.22. The number of aromatic nitrogens is 1. The highest BCUT2D eigenvalue weighted by Crippen LogP contribution is 2.29. The molecule has 0 saturated carbocycles. The highest BCUT2D eigenvalue weighted by Gasteiger charge is 2.23. The van der Waals surface area contributed by atoms with E-state index in [2.05, 4.69) is 12.2 Å². The third-order valence-corrected chi connectivity index (χ3v) is 6.96. The molecule has 0 unspecified atom stereocenters. The van der Waals surface area contributed by atoms with Crippen LogP contribution >= 0.6 is 0 Å². The maximum Gasteiger partial charge on any atom is 0.268 e. The Kier molecular flexibility index (Phi) is 6.62. The second-order valence-corrected chi connectivity index (χ2v) is 9.69. The van der Waals surface area contributed by atoms with Crippen molar-refractivity contribution in [3.8, 4) is 11.3 Å². The lowest BCUT2D eigenvalue weighted by Crippen LogP contribution is -2.31. The largest absolute Gasteiger partial charge is 0.383 e. The summed E-state index contributed by atoms with van der Waals surface area (Å²) in [6.45, 7) is 4.31. The quantitative estimate of drug-likeness (QED) is 0.398. The highest BCUT2D eigenvalue weighted by molar-refractivity contribution is 7.90. The normalized spacial score (nSPS) is 12.5. The molecular weight excluding hydrogens is 437 g/mol. The summed E-state index contributed by atoms with van der Waals surface area (Å²) in [5.41, 5.74) is 8.90. The smallest absolute Gasteiger partial charge is 0.268 e. The number of halogens is 1. The van der Waals surface area contributed by atoms with Gasteiger partial charge in [-0.3, -0.25) is 0 Å². The predicted molar refractivity (Wildman–Crippen MR) is 130 cm³/mol. The molecule has 0 bridgehead atoms. The van der Waals surface area contributed by atoms with E-state index in [0.29, 0.717) is 24.2 Å². The fourth-order valence-corrected chi connectivity index (χ4v) is 5.12. The SMILES string of the molecule is [CH2]c1cc(-c2ccccc2F)n(S(=O)(=O)c2cccc(NC[C@@H](N)Cc3ccccc3)c2)c1. The van der Waals surface area contributed by atoms with Gasteiger partial charge in [0, 0.05) is 30.0 Å². The van der Waals surface area contributed by atoms with Crippen molar-refractivity contribution in [2.75, 3.05) is 11.9 Å². The molecular formula is C26H25FN3O2S. The van der Waals surface area contributed by atoms with Crippen LogP contribution in [0.1, 0.15) is 11.1 Å². The van der Waals surface area contributed by atoms with Crippen molar-refractivity contribution in [2.45, 2.75) is 17.4 Å². The number of hydrogen-bond acceptors (Lipinski definition) is 4. The van der Waals surface area contributed by atoms with Crippen LogP contribution < -0.4 is 11.1 Å². The van der Waals surface area contributed by atoms with Crippen molar-refractivity contribution in [3.05, 3.63) is 115 Å². The van der Waals surface area contributed by atoms with Gasteiger partial charge in [-0.15, -0.1) is 0 Å². The van der Waals surface area contributed by atoms with E-state index in [-0.39, 0.29) is 22.2 Å². The fraction of sp³-hybridized carbons (Fsp3) is 0.115. The van der Waals surface area contributed by atoms with Crippen molar-refractivity contribution < 1.29 is 12.8 Å². The van der Waals surface area contributed by atoms with Gasteiger partial charge in [0.1, 0.15) is 5.82 Å². The van der Waals surface area contributed by atoms with E-state index in [1.165, 1.54) is 18.3 Å². The third kappa shape index (κ3) is 5.16. The molecule has 33 heavy (non-hydrogen) atoms. The Labute approximate surface area is 193 Å². The summed E-state index contributed by atoms with van der Waals surface area (Å²) in [4.78, 5) is 0.0809. The summed E-state index contributed by atoms with van der Waals surface area (Å²) in [6, 6.07) is 23.9. The molecule has 0 amide bonds. The number of anilines is 1. The maximum absolute atomic E-state index is 14.4. The number of rotatable bonds is 8. The second-order valence-electron chi connectivity index (χ2n) is 7.87. The first kappa shape index (κ1) is 22.8. The molecule has 1 atom stereocenters. The molecule has 7 heteroatoms. The van der Waals surface area contributed by atoms with E-state index in [9.17, 15) is 12.8 Å². The minimum atomic E-state index is -3.98. The van der Waals surface area contributed by atoms with Crippen LogP contribution in [0.4, 0.5) is 10.1 Å². The minimum Gasteiger partial charge on any atom is -0.383 e. The van der Waals surface area contributed by atoms with Gasteiger partial charge >= 0.3 is 0 Å². The van der Waals surface area contributed by atoms with Gasteiger partial charge in [-0.25, -0.2) is 16.8 Å². The van der Waals surface area contributed by atoms with Crippen LogP contribution in [0.5, 0.6) is 0 Å². The van der Waals surface area contributed by atoms with Crippen molar-refractivity contribution >= 4 is 15.7 Å². The van der Waals surface area contributed by atoms with Crippen LogP contribution in [-0.2, 0) is 16.4 Å². The summed E-state index contributed by atoms with van der Waals surface area (Å²) in [6.07, 6.45) is 2.10. The molecule has 169 valence electrons. The zero-order chi connectivity index (χ0) is 23.4. The molecule has 0 fully saturated rings. The van der Waals surface area contributed by atoms with Crippen LogP contribution in [0.25, 0.3) is 11.3 Å². The average Bonchev–Trinajstić information content (AvgIpc) is 3.21. The molecule has 3 aromatic carbocycles. The van der Waals surface area contributed by atoms with Crippen LogP contribution in [-0.4, -0.2) is 25.0 Å². The van der Waals surface area contributed by atoms with Gasteiger partial charge in [0.25, 0.3) is 10.0 Å². The number of nitrogens with one attached hydrogen (secondary N) is 1. The third-order valence-electron chi connectivity index (χ3n) is 5.29. The van der Waals surface area contributed by atoms with E-state index < -0.39 is 15.8 Å². The Morgan fingerprint density at radius 2 is 1.70 bits per heavy atom. The summed E-state index contributed by atoms with van der Waals surface area (Å²) in [5.74, 6) is -0.505. The number of nitrogens with zero attached hydrogens (tertiary/aromatic N) is 1.